The van der Waals surface area contributed by atoms with Crippen LogP contribution in [0.1, 0.15) is 23.9 Å². The molecule has 112 valence electrons. The Kier molecular flexibility index (Phi) is 4.96. The monoisotopic (exact) mass is 308 g/mol. The van der Waals surface area contributed by atoms with Crippen molar-refractivity contribution in [3.05, 3.63) is 46.0 Å². The van der Waals surface area contributed by atoms with E-state index in [-0.39, 0.29) is 5.02 Å². The molecule has 0 aliphatic heterocycles. The van der Waals surface area contributed by atoms with Crippen LogP contribution in [0, 0.1) is 12.7 Å². The Morgan fingerprint density at radius 3 is 2.57 bits per heavy atom. The fourth-order valence-corrected chi connectivity index (χ4v) is 2.18. The molecule has 0 spiro atoms. The van der Waals surface area contributed by atoms with E-state index in [9.17, 15) is 4.39 Å². The van der Waals surface area contributed by atoms with Gasteiger partial charge in [-0.25, -0.2) is 14.4 Å². The van der Waals surface area contributed by atoms with Crippen LogP contribution in [0.2, 0.25) is 5.02 Å². The normalized spacial score (nSPS) is 10.5. The van der Waals surface area contributed by atoms with Crippen LogP contribution in [0.25, 0.3) is 0 Å². The minimum atomic E-state index is -0.413. The van der Waals surface area contributed by atoms with Crippen molar-refractivity contribution in [2.45, 2.75) is 26.8 Å². The van der Waals surface area contributed by atoms with Crippen molar-refractivity contribution in [2.75, 3.05) is 17.7 Å². The van der Waals surface area contributed by atoms with Gasteiger partial charge in [0.2, 0.25) is 0 Å². The number of hydrogen-bond donors (Lipinski definition) is 2. The molecule has 2 aromatic rings. The highest BCUT2D eigenvalue weighted by Crippen LogP contribution is 2.21. The van der Waals surface area contributed by atoms with Gasteiger partial charge in [-0.05, 0) is 24.6 Å². The molecule has 2 rings (SSSR count). The van der Waals surface area contributed by atoms with Crippen molar-refractivity contribution in [2.24, 2.45) is 0 Å². The Balaban J connectivity index is 2.20. The topological polar surface area (TPSA) is 49.8 Å². The fraction of sp³-hybridized carbons (Fsp3) is 0.333. The van der Waals surface area contributed by atoms with Crippen LogP contribution in [0.15, 0.2) is 18.2 Å². The molecule has 0 atom stereocenters. The van der Waals surface area contributed by atoms with Gasteiger partial charge in [-0.15, -0.1) is 0 Å². The highest BCUT2D eigenvalue weighted by Gasteiger charge is 2.09. The van der Waals surface area contributed by atoms with Crippen molar-refractivity contribution in [3.8, 4) is 0 Å². The van der Waals surface area contributed by atoms with Crippen molar-refractivity contribution < 1.29 is 4.39 Å². The third-order valence-corrected chi connectivity index (χ3v) is 3.48. The lowest BCUT2D eigenvalue weighted by Crippen LogP contribution is -2.09. The first-order chi connectivity index (χ1) is 10.0. The molecule has 0 aliphatic carbocycles. The number of anilines is 2. The zero-order valence-corrected chi connectivity index (χ0v) is 13.1. The maximum absolute atomic E-state index is 13.1. The molecule has 1 heterocycles. The van der Waals surface area contributed by atoms with E-state index in [1.165, 1.54) is 6.07 Å². The van der Waals surface area contributed by atoms with Gasteiger partial charge in [0.25, 0.3) is 0 Å². The zero-order valence-electron chi connectivity index (χ0n) is 12.3. The molecule has 1 aromatic carbocycles. The third-order valence-electron chi connectivity index (χ3n) is 3.19. The lowest BCUT2D eigenvalue weighted by atomic mass is 10.2. The first kappa shape index (κ1) is 15.5. The van der Waals surface area contributed by atoms with E-state index >= 15 is 0 Å². The third kappa shape index (κ3) is 3.61. The van der Waals surface area contributed by atoms with Crippen LogP contribution in [0.4, 0.5) is 16.0 Å². The van der Waals surface area contributed by atoms with E-state index in [4.69, 9.17) is 11.6 Å². The predicted octanol–water partition coefficient (Wildman–Crippen LogP) is 3.79. The van der Waals surface area contributed by atoms with E-state index in [1.54, 1.807) is 12.1 Å². The number of aromatic nitrogens is 2. The summed E-state index contributed by atoms with van der Waals surface area (Å²) in [6.07, 6.45) is 0.756. The largest absolute Gasteiger partial charge is 0.373 e. The SMILES string of the molecule is CCc1nc(NC)c(C)c(NCc2ccc(F)c(Cl)c2)n1. The van der Waals surface area contributed by atoms with Crippen molar-refractivity contribution in [1.82, 2.24) is 9.97 Å². The second-order valence-electron chi connectivity index (χ2n) is 4.67. The van der Waals surface area contributed by atoms with Crippen LogP contribution >= 0.6 is 11.6 Å². The Labute approximate surface area is 128 Å². The number of aryl methyl sites for hydroxylation is 1. The van der Waals surface area contributed by atoms with Crippen LogP contribution in [-0.4, -0.2) is 17.0 Å². The Morgan fingerprint density at radius 1 is 1.24 bits per heavy atom. The first-order valence-corrected chi connectivity index (χ1v) is 7.16. The van der Waals surface area contributed by atoms with E-state index < -0.39 is 5.82 Å². The summed E-state index contributed by atoms with van der Waals surface area (Å²) < 4.78 is 13.1. The molecule has 0 fully saturated rings. The minimum Gasteiger partial charge on any atom is -0.373 e. The molecule has 0 aliphatic rings. The van der Waals surface area contributed by atoms with E-state index in [2.05, 4.69) is 20.6 Å². The van der Waals surface area contributed by atoms with Crippen molar-refractivity contribution >= 4 is 23.2 Å². The number of benzene rings is 1. The maximum Gasteiger partial charge on any atom is 0.141 e. The van der Waals surface area contributed by atoms with E-state index in [0.717, 1.165) is 35.0 Å². The summed E-state index contributed by atoms with van der Waals surface area (Å²) in [6.45, 7) is 4.48. The summed E-state index contributed by atoms with van der Waals surface area (Å²) in [5.41, 5.74) is 1.84. The maximum atomic E-state index is 13.1. The van der Waals surface area contributed by atoms with Crippen LogP contribution < -0.4 is 10.6 Å². The number of nitrogens with one attached hydrogen (secondary N) is 2. The quantitative estimate of drug-likeness (QED) is 0.882. The molecule has 0 saturated heterocycles. The highest BCUT2D eigenvalue weighted by molar-refractivity contribution is 6.30. The molecular formula is C15H18ClFN4. The summed E-state index contributed by atoms with van der Waals surface area (Å²) in [5, 5.41) is 6.44. The van der Waals surface area contributed by atoms with Crippen molar-refractivity contribution in [3.63, 3.8) is 0 Å². The second kappa shape index (κ2) is 6.72. The molecule has 6 heteroatoms. The lowest BCUT2D eigenvalue weighted by Gasteiger charge is -2.13. The highest BCUT2D eigenvalue weighted by atomic mass is 35.5. The standard InChI is InChI=1S/C15H18ClFN4/c1-4-13-20-14(18-3)9(2)15(21-13)19-8-10-5-6-12(17)11(16)7-10/h5-7H,4,8H2,1-3H3,(H2,18,19,20,21). The molecule has 4 nitrogen and oxygen atoms in total. The average molecular weight is 309 g/mol. The van der Waals surface area contributed by atoms with Gasteiger partial charge in [-0.1, -0.05) is 24.6 Å². The molecule has 2 N–H and O–H groups in total. The fourth-order valence-electron chi connectivity index (χ4n) is 1.97. The molecule has 0 unspecified atom stereocenters. The summed E-state index contributed by atoms with van der Waals surface area (Å²) in [5.74, 6) is 1.93. The van der Waals surface area contributed by atoms with Gasteiger partial charge < -0.3 is 10.6 Å². The Morgan fingerprint density at radius 2 is 1.95 bits per heavy atom. The Bertz CT molecular complexity index is 646. The van der Waals surface area contributed by atoms with Crippen LogP contribution in [0.5, 0.6) is 0 Å². The smallest absolute Gasteiger partial charge is 0.141 e. The summed E-state index contributed by atoms with van der Waals surface area (Å²) in [6, 6.07) is 4.67. The molecule has 0 saturated carbocycles. The van der Waals surface area contributed by atoms with Gasteiger partial charge in [0.05, 0.1) is 5.02 Å². The van der Waals surface area contributed by atoms with Crippen molar-refractivity contribution in [1.29, 1.82) is 0 Å². The number of rotatable bonds is 5. The van der Waals surface area contributed by atoms with E-state index in [1.807, 2.05) is 20.9 Å². The number of hydrogen-bond acceptors (Lipinski definition) is 4. The van der Waals surface area contributed by atoms with Gasteiger partial charge in [-0.2, -0.15) is 0 Å². The number of nitrogens with zero attached hydrogens (tertiary/aromatic N) is 2. The van der Waals surface area contributed by atoms with Crippen LogP contribution in [0.3, 0.4) is 0 Å². The molecule has 0 bridgehead atoms. The first-order valence-electron chi connectivity index (χ1n) is 6.78. The number of halogens is 2. The van der Waals surface area contributed by atoms with E-state index in [0.29, 0.717) is 6.54 Å². The molecule has 0 radical (unpaired) electrons. The predicted molar refractivity (Wildman–Crippen MR) is 84.4 cm³/mol. The van der Waals surface area contributed by atoms with Crippen LogP contribution in [-0.2, 0) is 13.0 Å². The Hall–Kier alpha value is -1.88. The van der Waals surface area contributed by atoms with Gasteiger partial charge in [-0.3, -0.25) is 0 Å². The summed E-state index contributed by atoms with van der Waals surface area (Å²) in [7, 11) is 1.83. The molecule has 0 amide bonds. The van der Waals surface area contributed by atoms with Gasteiger partial charge in [0.15, 0.2) is 0 Å². The molecular weight excluding hydrogens is 291 g/mol. The van der Waals surface area contributed by atoms with Gasteiger partial charge in [0.1, 0.15) is 23.3 Å². The summed E-state index contributed by atoms with van der Waals surface area (Å²) in [4.78, 5) is 8.90. The average Bonchev–Trinajstić information content (AvgIpc) is 2.49. The van der Waals surface area contributed by atoms with Gasteiger partial charge in [0, 0.05) is 25.6 Å². The molecule has 21 heavy (non-hydrogen) atoms. The second-order valence-corrected chi connectivity index (χ2v) is 5.07. The molecule has 1 aromatic heterocycles. The lowest BCUT2D eigenvalue weighted by molar-refractivity contribution is 0.627. The summed E-state index contributed by atoms with van der Waals surface area (Å²) >= 11 is 5.78. The minimum absolute atomic E-state index is 0.124. The zero-order chi connectivity index (χ0) is 15.4. The van der Waals surface area contributed by atoms with Gasteiger partial charge >= 0.3 is 0 Å².